The molecule has 0 fully saturated rings. The van der Waals surface area contributed by atoms with Crippen LogP contribution in [-0.4, -0.2) is 24.7 Å². The van der Waals surface area contributed by atoms with E-state index in [0.717, 1.165) is 32.9 Å². The number of rotatable bonds is 7. The molecule has 5 aromatic carbocycles. The van der Waals surface area contributed by atoms with Gasteiger partial charge in [0, 0.05) is 17.1 Å². The molecule has 192 valence electrons. The van der Waals surface area contributed by atoms with Crippen LogP contribution < -0.4 is 21.3 Å². The molecule has 1 aromatic heterocycles. The summed E-state index contributed by atoms with van der Waals surface area (Å²) in [7, 11) is -4.34. The molecule has 0 radical (unpaired) electrons. The Morgan fingerprint density at radius 2 is 0.872 bits per heavy atom. The Kier molecular flexibility index (Phi) is 6.38. The smallest absolute Gasteiger partial charge is 0.324 e. The van der Waals surface area contributed by atoms with Gasteiger partial charge in [-0.1, -0.05) is 60.7 Å². The molecule has 0 saturated carbocycles. The van der Waals surface area contributed by atoms with Gasteiger partial charge in [-0.15, -0.1) is 0 Å². The molecule has 39 heavy (non-hydrogen) atoms. The molecule has 0 amide bonds. The first-order valence-electron chi connectivity index (χ1n) is 12.1. The van der Waals surface area contributed by atoms with Crippen molar-refractivity contribution in [3.05, 3.63) is 109 Å². The Balaban J connectivity index is 1.33. The van der Waals surface area contributed by atoms with Crippen molar-refractivity contribution in [2.24, 2.45) is 0 Å². The molecule has 10 heteroatoms. The van der Waals surface area contributed by atoms with Crippen LogP contribution in [-0.2, 0) is 4.57 Å². The third-order valence-electron chi connectivity index (χ3n) is 6.11. The van der Waals surface area contributed by atoms with Crippen LogP contribution in [0.2, 0.25) is 0 Å². The maximum atomic E-state index is 11.5. The average molecular weight is 535 g/mol. The van der Waals surface area contributed by atoms with E-state index in [4.69, 9.17) is 0 Å². The molecule has 9 nitrogen and oxygen atoms in total. The van der Waals surface area contributed by atoms with Gasteiger partial charge in [0.1, 0.15) is 0 Å². The van der Waals surface area contributed by atoms with Gasteiger partial charge in [-0.05, 0) is 70.1 Å². The molecular formula is C29H23N6O3P. The van der Waals surface area contributed by atoms with Crippen molar-refractivity contribution in [3.8, 4) is 0 Å². The fourth-order valence-corrected chi connectivity index (χ4v) is 4.74. The molecular weight excluding hydrogens is 511 g/mol. The predicted molar refractivity (Wildman–Crippen MR) is 156 cm³/mol. The van der Waals surface area contributed by atoms with Gasteiger partial charge in [-0.3, -0.25) is 4.57 Å². The van der Waals surface area contributed by atoms with Gasteiger partial charge < -0.3 is 25.7 Å². The molecule has 0 aliphatic rings. The van der Waals surface area contributed by atoms with Crippen LogP contribution in [0.5, 0.6) is 0 Å². The first-order chi connectivity index (χ1) is 18.9. The van der Waals surface area contributed by atoms with E-state index in [9.17, 15) is 14.4 Å². The van der Waals surface area contributed by atoms with Gasteiger partial charge >= 0.3 is 7.60 Å². The van der Waals surface area contributed by atoms with E-state index in [1.165, 1.54) is 12.1 Å². The minimum atomic E-state index is -4.34. The molecule has 6 aromatic rings. The summed E-state index contributed by atoms with van der Waals surface area (Å²) in [6.45, 7) is 0. The largest absolute Gasteiger partial charge is 0.356 e. The number of aromatic nitrogens is 3. The molecule has 5 N–H and O–H groups in total. The van der Waals surface area contributed by atoms with Crippen molar-refractivity contribution in [2.75, 3.05) is 16.0 Å². The fourth-order valence-electron chi connectivity index (χ4n) is 4.20. The second-order valence-corrected chi connectivity index (χ2v) is 10.5. The first kappa shape index (κ1) is 24.5. The van der Waals surface area contributed by atoms with E-state index in [0.29, 0.717) is 17.6 Å². The average Bonchev–Trinajstić information content (AvgIpc) is 2.93. The number of anilines is 6. The van der Waals surface area contributed by atoms with E-state index in [1.807, 2.05) is 84.9 Å². The number of nitrogens with one attached hydrogen (secondary N) is 3. The zero-order valence-corrected chi connectivity index (χ0v) is 21.4. The maximum Gasteiger partial charge on any atom is 0.356 e. The van der Waals surface area contributed by atoms with Gasteiger partial charge in [-0.2, -0.15) is 15.0 Å². The highest BCUT2D eigenvalue weighted by Gasteiger charge is 2.16. The van der Waals surface area contributed by atoms with E-state index in [1.54, 1.807) is 12.1 Å². The summed E-state index contributed by atoms with van der Waals surface area (Å²) < 4.78 is 11.5. The lowest BCUT2D eigenvalue weighted by atomic mass is 10.1. The number of nitrogens with zero attached hydrogens (tertiary/aromatic N) is 3. The van der Waals surface area contributed by atoms with Gasteiger partial charge in [-0.25, -0.2) is 0 Å². The van der Waals surface area contributed by atoms with Crippen LogP contribution in [0.25, 0.3) is 21.5 Å². The molecule has 0 saturated heterocycles. The van der Waals surface area contributed by atoms with Crippen LogP contribution in [0.15, 0.2) is 109 Å². The Bertz CT molecular complexity index is 1760. The molecule has 6 rings (SSSR count). The van der Waals surface area contributed by atoms with Crippen molar-refractivity contribution < 1.29 is 14.4 Å². The van der Waals surface area contributed by atoms with Crippen molar-refractivity contribution >= 4 is 69.4 Å². The summed E-state index contributed by atoms with van der Waals surface area (Å²) >= 11 is 0. The van der Waals surface area contributed by atoms with Crippen LogP contribution >= 0.6 is 7.60 Å². The third kappa shape index (κ3) is 5.71. The Morgan fingerprint density at radius 3 is 1.31 bits per heavy atom. The maximum absolute atomic E-state index is 11.5. The number of hydrogen-bond acceptors (Lipinski definition) is 7. The van der Waals surface area contributed by atoms with Crippen LogP contribution in [0, 0.1) is 0 Å². The second-order valence-electron chi connectivity index (χ2n) is 8.90. The summed E-state index contributed by atoms with van der Waals surface area (Å²) in [4.78, 5) is 32.4. The lowest BCUT2D eigenvalue weighted by Gasteiger charge is -2.13. The van der Waals surface area contributed by atoms with Crippen molar-refractivity contribution in [1.29, 1.82) is 0 Å². The van der Waals surface area contributed by atoms with Gasteiger partial charge in [0.25, 0.3) is 0 Å². The lowest BCUT2D eigenvalue weighted by molar-refractivity contribution is 0.387. The van der Waals surface area contributed by atoms with E-state index < -0.39 is 7.60 Å². The quantitative estimate of drug-likeness (QED) is 0.152. The highest BCUT2D eigenvalue weighted by molar-refractivity contribution is 7.60. The van der Waals surface area contributed by atoms with Gasteiger partial charge in [0.15, 0.2) is 0 Å². The summed E-state index contributed by atoms with van der Waals surface area (Å²) in [5.41, 5.74) is 2.19. The number of benzene rings is 5. The lowest BCUT2D eigenvalue weighted by Crippen LogP contribution is -2.08. The normalized spacial score (nSPS) is 11.4. The van der Waals surface area contributed by atoms with E-state index in [-0.39, 0.29) is 11.3 Å². The summed E-state index contributed by atoms with van der Waals surface area (Å²) in [5.74, 6) is 0.885. The molecule has 0 atom stereocenters. The van der Waals surface area contributed by atoms with Crippen LogP contribution in [0.3, 0.4) is 0 Å². The molecule has 0 bridgehead atoms. The van der Waals surface area contributed by atoms with Crippen molar-refractivity contribution in [1.82, 2.24) is 15.0 Å². The second kappa shape index (κ2) is 10.2. The zero-order chi connectivity index (χ0) is 26.8. The van der Waals surface area contributed by atoms with Crippen LogP contribution in [0.1, 0.15) is 0 Å². The highest BCUT2D eigenvalue weighted by Crippen LogP contribution is 2.33. The Labute approximate surface area is 223 Å². The monoisotopic (exact) mass is 534 g/mol. The SMILES string of the molecule is O=P(O)(O)c1ccc(Nc2nc(Nc3ccc4ccccc4c3)nc(Nc3ccc4ccccc4c3)n2)cc1. The number of fused-ring (bicyclic) bond motifs is 2. The zero-order valence-electron chi connectivity index (χ0n) is 20.5. The fraction of sp³-hybridized carbons (Fsp3) is 0. The summed E-state index contributed by atoms with van der Waals surface area (Å²) in [6, 6.07) is 34.0. The van der Waals surface area contributed by atoms with Crippen LogP contribution in [0.4, 0.5) is 34.9 Å². The minimum absolute atomic E-state index is 0.0685. The minimum Gasteiger partial charge on any atom is -0.324 e. The van der Waals surface area contributed by atoms with Crippen molar-refractivity contribution in [3.63, 3.8) is 0 Å². The summed E-state index contributed by atoms with van der Waals surface area (Å²) in [5, 5.41) is 14.0. The first-order valence-corrected chi connectivity index (χ1v) is 13.7. The highest BCUT2D eigenvalue weighted by atomic mass is 31.2. The van der Waals surface area contributed by atoms with E-state index >= 15 is 0 Å². The number of hydrogen-bond donors (Lipinski definition) is 5. The van der Waals surface area contributed by atoms with E-state index in [2.05, 4.69) is 30.9 Å². The topological polar surface area (TPSA) is 132 Å². The molecule has 0 unspecified atom stereocenters. The third-order valence-corrected chi connectivity index (χ3v) is 7.08. The molecule has 0 spiro atoms. The Hall–Kier alpha value is -4.82. The molecule has 1 heterocycles. The standard InChI is InChI=1S/C29H23N6O3P/c36-39(37,38)26-15-13-23(14-16-26)30-27-33-28(31-24-11-9-19-5-1-3-7-21(19)17-24)35-29(34-27)32-25-12-10-20-6-2-4-8-22(20)18-25/h1-18H,(H2,36,37,38)(H3,30,31,32,33,34,35). The molecule has 0 aliphatic carbocycles. The van der Waals surface area contributed by atoms with Crippen molar-refractivity contribution in [2.45, 2.75) is 0 Å². The Morgan fingerprint density at radius 1 is 0.487 bits per heavy atom. The van der Waals surface area contributed by atoms with Gasteiger partial charge in [0.2, 0.25) is 17.8 Å². The predicted octanol–water partition coefficient (Wildman–Crippen LogP) is 6.21. The summed E-state index contributed by atoms with van der Waals surface area (Å²) in [6.07, 6.45) is 0. The van der Waals surface area contributed by atoms with Gasteiger partial charge in [0.05, 0.1) is 5.30 Å². The molecule has 0 aliphatic heterocycles.